The average molecular weight is 193 g/mol. The maximum Gasteiger partial charge on any atom is 0.274 e. The van der Waals surface area contributed by atoms with Crippen LogP contribution >= 0.6 is 0 Å². The Bertz CT molecular complexity index is 328. The lowest BCUT2D eigenvalue weighted by atomic mass is 10.3. The van der Waals surface area contributed by atoms with Gasteiger partial charge >= 0.3 is 0 Å². The van der Waals surface area contributed by atoms with Crippen molar-refractivity contribution in [3.8, 4) is 0 Å². The van der Waals surface area contributed by atoms with Crippen molar-refractivity contribution in [2.24, 2.45) is 0 Å². The van der Waals surface area contributed by atoms with Crippen molar-refractivity contribution in [2.75, 3.05) is 13.1 Å². The number of aromatic nitrogens is 2. The molecule has 1 aromatic rings. The first-order valence-electron chi connectivity index (χ1n) is 4.51. The van der Waals surface area contributed by atoms with E-state index in [0.717, 1.165) is 0 Å². The first kappa shape index (κ1) is 9.08. The molecule has 5 heteroatoms. The van der Waals surface area contributed by atoms with Crippen molar-refractivity contribution in [3.05, 3.63) is 24.3 Å². The van der Waals surface area contributed by atoms with Gasteiger partial charge in [0, 0.05) is 25.5 Å². The van der Waals surface area contributed by atoms with Crippen LogP contribution in [0, 0.1) is 0 Å². The number of aliphatic hydroxyl groups is 1. The van der Waals surface area contributed by atoms with Crippen molar-refractivity contribution in [1.82, 2.24) is 14.9 Å². The Balaban J connectivity index is 2.10. The molecule has 1 amide bonds. The number of β-amino-alcohol motifs (C(OH)–C–C–N with tert-alkyl or cyclic N) is 1. The highest BCUT2D eigenvalue weighted by Crippen LogP contribution is 2.11. The summed E-state index contributed by atoms with van der Waals surface area (Å²) >= 11 is 0. The number of aliphatic hydroxyl groups excluding tert-OH is 1. The summed E-state index contributed by atoms with van der Waals surface area (Å²) < 4.78 is 0. The number of hydrogen-bond acceptors (Lipinski definition) is 4. The number of carbonyl (C=O) groups is 1. The minimum absolute atomic E-state index is 0.158. The van der Waals surface area contributed by atoms with Crippen LogP contribution in [0.25, 0.3) is 0 Å². The Labute approximate surface area is 81.4 Å². The third-order valence-electron chi connectivity index (χ3n) is 2.23. The van der Waals surface area contributed by atoms with E-state index in [-0.39, 0.29) is 5.91 Å². The van der Waals surface area contributed by atoms with Crippen molar-refractivity contribution < 1.29 is 9.90 Å². The smallest absolute Gasteiger partial charge is 0.274 e. The molecule has 5 nitrogen and oxygen atoms in total. The molecule has 0 aliphatic carbocycles. The predicted molar refractivity (Wildman–Crippen MR) is 48.6 cm³/mol. The van der Waals surface area contributed by atoms with Gasteiger partial charge in [-0.1, -0.05) is 0 Å². The second kappa shape index (κ2) is 3.71. The lowest BCUT2D eigenvalue weighted by molar-refractivity contribution is 0.0759. The van der Waals surface area contributed by atoms with Gasteiger partial charge in [0.2, 0.25) is 0 Å². The summed E-state index contributed by atoms with van der Waals surface area (Å²) in [5, 5.41) is 9.27. The molecule has 0 aromatic carbocycles. The second-order valence-electron chi connectivity index (χ2n) is 3.28. The number of likely N-dealkylation sites (tertiary alicyclic amines) is 1. The van der Waals surface area contributed by atoms with Gasteiger partial charge < -0.3 is 10.0 Å². The number of amides is 1. The molecular formula is C9H11N3O2. The fourth-order valence-corrected chi connectivity index (χ4v) is 1.50. The van der Waals surface area contributed by atoms with Crippen LogP contribution in [0.2, 0.25) is 0 Å². The van der Waals surface area contributed by atoms with E-state index in [1.807, 2.05) is 0 Å². The molecule has 0 radical (unpaired) electrons. The summed E-state index contributed by atoms with van der Waals surface area (Å²) in [5.74, 6) is -0.158. The third kappa shape index (κ3) is 1.72. The van der Waals surface area contributed by atoms with Crippen molar-refractivity contribution in [1.29, 1.82) is 0 Å². The van der Waals surface area contributed by atoms with Crippen LogP contribution in [0.3, 0.4) is 0 Å². The van der Waals surface area contributed by atoms with Crippen molar-refractivity contribution in [3.63, 3.8) is 0 Å². The first-order chi connectivity index (χ1) is 6.77. The van der Waals surface area contributed by atoms with Gasteiger partial charge in [-0.05, 0) is 6.42 Å². The quantitative estimate of drug-likeness (QED) is 0.664. The molecular weight excluding hydrogens is 182 g/mol. The van der Waals surface area contributed by atoms with Gasteiger partial charge in [-0.15, -0.1) is 0 Å². The lowest BCUT2D eigenvalue weighted by Crippen LogP contribution is -2.30. The van der Waals surface area contributed by atoms with Crippen LogP contribution in [-0.2, 0) is 0 Å². The average Bonchev–Trinajstić information content (AvgIpc) is 2.65. The molecule has 0 bridgehead atoms. The van der Waals surface area contributed by atoms with E-state index >= 15 is 0 Å². The highest BCUT2D eigenvalue weighted by Gasteiger charge is 2.25. The van der Waals surface area contributed by atoms with Gasteiger partial charge in [0.15, 0.2) is 0 Å². The van der Waals surface area contributed by atoms with Crippen LogP contribution in [0.15, 0.2) is 18.6 Å². The van der Waals surface area contributed by atoms with E-state index < -0.39 is 6.10 Å². The van der Waals surface area contributed by atoms with Crippen LogP contribution in [0.1, 0.15) is 16.9 Å². The molecule has 0 spiro atoms. The number of hydrogen-bond donors (Lipinski definition) is 1. The van der Waals surface area contributed by atoms with E-state index in [1.165, 1.54) is 18.6 Å². The maximum atomic E-state index is 11.7. The van der Waals surface area contributed by atoms with Gasteiger partial charge in [-0.25, -0.2) is 4.98 Å². The van der Waals surface area contributed by atoms with E-state index in [0.29, 0.717) is 25.2 Å². The molecule has 1 atom stereocenters. The van der Waals surface area contributed by atoms with E-state index in [2.05, 4.69) is 9.97 Å². The zero-order valence-corrected chi connectivity index (χ0v) is 7.63. The van der Waals surface area contributed by atoms with Crippen LogP contribution in [-0.4, -0.2) is 45.1 Å². The Kier molecular flexibility index (Phi) is 2.41. The number of carbonyl (C=O) groups excluding carboxylic acids is 1. The molecule has 2 heterocycles. The predicted octanol–water partition coefficient (Wildman–Crippen LogP) is -0.317. The van der Waals surface area contributed by atoms with Gasteiger partial charge in [0.1, 0.15) is 5.69 Å². The van der Waals surface area contributed by atoms with Gasteiger partial charge in [0.25, 0.3) is 5.91 Å². The summed E-state index contributed by atoms with van der Waals surface area (Å²) in [7, 11) is 0. The summed E-state index contributed by atoms with van der Waals surface area (Å²) in [6, 6.07) is 0. The highest BCUT2D eigenvalue weighted by molar-refractivity contribution is 5.92. The minimum Gasteiger partial charge on any atom is -0.391 e. The van der Waals surface area contributed by atoms with Gasteiger partial charge in [-0.3, -0.25) is 9.78 Å². The third-order valence-corrected chi connectivity index (χ3v) is 2.23. The molecule has 1 aliphatic rings. The molecule has 1 N–H and O–H groups in total. The Morgan fingerprint density at radius 2 is 2.43 bits per heavy atom. The Morgan fingerprint density at radius 3 is 3.00 bits per heavy atom. The Hall–Kier alpha value is -1.49. The fourth-order valence-electron chi connectivity index (χ4n) is 1.50. The van der Waals surface area contributed by atoms with Crippen LogP contribution in [0.4, 0.5) is 0 Å². The molecule has 1 aromatic heterocycles. The Morgan fingerprint density at radius 1 is 1.57 bits per heavy atom. The normalized spacial score (nSPS) is 21.2. The van der Waals surface area contributed by atoms with E-state index in [4.69, 9.17) is 0 Å². The van der Waals surface area contributed by atoms with Crippen LogP contribution < -0.4 is 0 Å². The molecule has 2 rings (SSSR count). The molecule has 1 fully saturated rings. The minimum atomic E-state index is -0.393. The summed E-state index contributed by atoms with van der Waals surface area (Å²) in [6.45, 7) is 0.992. The summed E-state index contributed by atoms with van der Waals surface area (Å²) in [5.41, 5.74) is 0.335. The number of rotatable bonds is 1. The summed E-state index contributed by atoms with van der Waals surface area (Å²) in [6.07, 6.45) is 4.70. The maximum absolute atomic E-state index is 11.7. The topological polar surface area (TPSA) is 66.3 Å². The summed E-state index contributed by atoms with van der Waals surface area (Å²) in [4.78, 5) is 21.0. The van der Waals surface area contributed by atoms with Crippen molar-refractivity contribution in [2.45, 2.75) is 12.5 Å². The molecule has 0 unspecified atom stereocenters. The molecule has 14 heavy (non-hydrogen) atoms. The first-order valence-corrected chi connectivity index (χ1v) is 4.51. The van der Waals surface area contributed by atoms with E-state index in [1.54, 1.807) is 4.90 Å². The SMILES string of the molecule is O=C(c1cnccn1)N1CC[C@H](O)C1. The zero-order chi connectivity index (χ0) is 9.97. The van der Waals surface area contributed by atoms with Crippen LogP contribution in [0.5, 0.6) is 0 Å². The molecule has 1 saturated heterocycles. The lowest BCUT2D eigenvalue weighted by Gasteiger charge is -2.13. The van der Waals surface area contributed by atoms with E-state index in [9.17, 15) is 9.90 Å². The molecule has 74 valence electrons. The van der Waals surface area contributed by atoms with Gasteiger partial charge in [-0.2, -0.15) is 0 Å². The fraction of sp³-hybridized carbons (Fsp3) is 0.444. The standard InChI is InChI=1S/C9H11N3O2/c13-7-1-4-12(6-7)9(14)8-5-10-2-3-11-8/h2-3,5,7,13H,1,4,6H2/t7-/m0/s1. The highest BCUT2D eigenvalue weighted by atomic mass is 16.3. The molecule has 1 aliphatic heterocycles. The zero-order valence-electron chi connectivity index (χ0n) is 7.63. The van der Waals surface area contributed by atoms with Crippen molar-refractivity contribution >= 4 is 5.91 Å². The largest absolute Gasteiger partial charge is 0.391 e. The monoisotopic (exact) mass is 193 g/mol. The molecule has 0 saturated carbocycles. The number of nitrogens with zero attached hydrogens (tertiary/aromatic N) is 3. The second-order valence-corrected chi connectivity index (χ2v) is 3.28. The van der Waals surface area contributed by atoms with Gasteiger partial charge in [0.05, 0.1) is 12.3 Å².